The van der Waals surface area contributed by atoms with Crippen molar-refractivity contribution in [3.8, 4) is 0 Å². The number of rotatable bonds is 4. The number of nitrogens with zero attached hydrogens (tertiary/aromatic N) is 1. The van der Waals surface area contributed by atoms with Gasteiger partial charge in [0.2, 0.25) is 0 Å². The zero-order valence-electron chi connectivity index (χ0n) is 7.50. The average molecular weight is 201 g/mol. The van der Waals surface area contributed by atoms with E-state index < -0.39 is 0 Å². The van der Waals surface area contributed by atoms with Gasteiger partial charge in [-0.15, -0.1) is 0 Å². The fourth-order valence-electron chi connectivity index (χ4n) is 0.938. The molecule has 13 heavy (non-hydrogen) atoms. The van der Waals surface area contributed by atoms with Crippen LogP contribution in [0.25, 0.3) is 0 Å². The molecule has 0 spiro atoms. The summed E-state index contributed by atoms with van der Waals surface area (Å²) in [4.78, 5) is 3.86. The molecule has 1 heterocycles. The van der Waals surface area contributed by atoms with E-state index in [1.165, 1.54) is 0 Å². The first-order valence-electron chi connectivity index (χ1n) is 4.22. The van der Waals surface area contributed by atoms with Crippen LogP contribution in [0.1, 0.15) is 13.3 Å². The third-order valence-corrected chi connectivity index (χ3v) is 1.82. The topological polar surface area (TPSA) is 45.1 Å². The van der Waals surface area contributed by atoms with Gasteiger partial charge in [0.05, 0.1) is 6.10 Å². The maximum Gasteiger partial charge on any atom is 0.131 e. The van der Waals surface area contributed by atoms with Crippen molar-refractivity contribution >= 4 is 17.3 Å². The maximum atomic E-state index is 9.01. The molecule has 0 saturated heterocycles. The van der Waals surface area contributed by atoms with Gasteiger partial charge in [0.15, 0.2) is 0 Å². The van der Waals surface area contributed by atoms with E-state index >= 15 is 0 Å². The fourth-order valence-corrected chi connectivity index (χ4v) is 1.11. The Balaban J connectivity index is 2.37. The minimum Gasteiger partial charge on any atom is -0.393 e. The smallest absolute Gasteiger partial charge is 0.131 e. The molecule has 72 valence electrons. The van der Waals surface area contributed by atoms with E-state index in [2.05, 4.69) is 10.3 Å². The molecular formula is C9H13ClN2O. The molecule has 0 radical (unpaired) electrons. The van der Waals surface area contributed by atoms with Crippen LogP contribution in [0.3, 0.4) is 0 Å². The number of aliphatic hydroxyl groups is 1. The first kappa shape index (κ1) is 10.3. The molecule has 4 heteroatoms. The lowest BCUT2D eigenvalue weighted by Gasteiger charge is -2.07. The normalized spacial score (nSPS) is 12.5. The molecule has 0 amide bonds. The van der Waals surface area contributed by atoms with Gasteiger partial charge in [0, 0.05) is 18.4 Å². The van der Waals surface area contributed by atoms with Crippen LogP contribution < -0.4 is 5.32 Å². The SMILES string of the molecule is C[C@H](O)CCNc1ccnc(Cl)c1. The number of halogens is 1. The Labute approximate surface area is 82.8 Å². The highest BCUT2D eigenvalue weighted by molar-refractivity contribution is 6.29. The zero-order valence-corrected chi connectivity index (χ0v) is 8.25. The van der Waals surface area contributed by atoms with Gasteiger partial charge in [-0.25, -0.2) is 4.98 Å². The van der Waals surface area contributed by atoms with E-state index in [1.54, 1.807) is 19.2 Å². The molecule has 1 atom stereocenters. The molecule has 0 unspecified atom stereocenters. The van der Waals surface area contributed by atoms with Crippen molar-refractivity contribution in [2.75, 3.05) is 11.9 Å². The van der Waals surface area contributed by atoms with Crippen LogP contribution in [0.5, 0.6) is 0 Å². The van der Waals surface area contributed by atoms with Gasteiger partial charge >= 0.3 is 0 Å². The van der Waals surface area contributed by atoms with E-state index in [1.807, 2.05) is 6.07 Å². The van der Waals surface area contributed by atoms with Crippen molar-refractivity contribution in [1.29, 1.82) is 0 Å². The third kappa shape index (κ3) is 4.10. The van der Waals surface area contributed by atoms with Crippen LogP contribution in [0, 0.1) is 0 Å². The van der Waals surface area contributed by atoms with Crippen molar-refractivity contribution < 1.29 is 5.11 Å². The summed E-state index contributed by atoms with van der Waals surface area (Å²) in [6.45, 7) is 2.50. The number of aromatic nitrogens is 1. The van der Waals surface area contributed by atoms with Crippen LogP contribution in [0.15, 0.2) is 18.3 Å². The summed E-state index contributed by atoms with van der Waals surface area (Å²) in [6, 6.07) is 3.59. The van der Waals surface area contributed by atoms with Crippen molar-refractivity contribution in [2.45, 2.75) is 19.4 Å². The summed E-state index contributed by atoms with van der Waals surface area (Å²) in [5.74, 6) is 0. The number of hydrogen-bond donors (Lipinski definition) is 2. The minimum absolute atomic E-state index is 0.273. The number of aliphatic hydroxyl groups excluding tert-OH is 1. The lowest BCUT2D eigenvalue weighted by Crippen LogP contribution is -2.09. The number of nitrogens with one attached hydrogen (secondary N) is 1. The molecule has 1 aromatic heterocycles. The molecule has 0 aromatic carbocycles. The first-order chi connectivity index (χ1) is 6.18. The van der Waals surface area contributed by atoms with E-state index in [0.29, 0.717) is 5.15 Å². The highest BCUT2D eigenvalue weighted by Crippen LogP contribution is 2.11. The maximum absolute atomic E-state index is 9.01. The average Bonchev–Trinajstić information content (AvgIpc) is 2.03. The van der Waals surface area contributed by atoms with Gasteiger partial charge in [-0.2, -0.15) is 0 Å². The number of hydrogen-bond acceptors (Lipinski definition) is 3. The van der Waals surface area contributed by atoms with Crippen molar-refractivity contribution in [1.82, 2.24) is 4.98 Å². The second kappa shape index (κ2) is 5.04. The summed E-state index contributed by atoms with van der Waals surface area (Å²) >= 11 is 5.69. The molecule has 1 rings (SSSR count). The number of anilines is 1. The standard InChI is InChI=1S/C9H13ClN2O/c1-7(13)2-4-11-8-3-5-12-9(10)6-8/h3,5-7,13H,2,4H2,1H3,(H,11,12)/t7-/m0/s1. The van der Waals surface area contributed by atoms with E-state index in [9.17, 15) is 0 Å². The van der Waals surface area contributed by atoms with Gasteiger partial charge in [-0.05, 0) is 25.5 Å². The van der Waals surface area contributed by atoms with Crippen molar-refractivity contribution in [3.63, 3.8) is 0 Å². The Morgan fingerprint density at radius 3 is 3.08 bits per heavy atom. The highest BCUT2D eigenvalue weighted by Gasteiger charge is 1.96. The molecule has 0 aliphatic carbocycles. The van der Waals surface area contributed by atoms with Gasteiger partial charge in [0.25, 0.3) is 0 Å². The molecule has 0 saturated carbocycles. The summed E-state index contributed by atoms with van der Waals surface area (Å²) in [7, 11) is 0. The van der Waals surface area contributed by atoms with Gasteiger partial charge in [-0.3, -0.25) is 0 Å². The highest BCUT2D eigenvalue weighted by atomic mass is 35.5. The summed E-state index contributed by atoms with van der Waals surface area (Å²) in [5.41, 5.74) is 0.931. The Morgan fingerprint density at radius 1 is 1.69 bits per heavy atom. The summed E-state index contributed by atoms with van der Waals surface area (Å²) < 4.78 is 0. The second-order valence-electron chi connectivity index (χ2n) is 2.93. The van der Waals surface area contributed by atoms with E-state index in [0.717, 1.165) is 18.7 Å². The lowest BCUT2D eigenvalue weighted by atomic mass is 10.3. The zero-order chi connectivity index (χ0) is 9.68. The third-order valence-electron chi connectivity index (χ3n) is 1.62. The van der Waals surface area contributed by atoms with Crippen LogP contribution in [-0.2, 0) is 0 Å². The number of pyridine rings is 1. The lowest BCUT2D eigenvalue weighted by molar-refractivity contribution is 0.189. The van der Waals surface area contributed by atoms with Crippen LogP contribution in [0.4, 0.5) is 5.69 Å². The molecule has 3 nitrogen and oxygen atoms in total. The Hall–Kier alpha value is -0.800. The molecular weight excluding hydrogens is 188 g/mol. The van der Waals surface area contributed by atoms with E-state index in [-0.39, 0.29) is 6.10 Å². The quantitative estimate of drug-likeness (QED) is 0.730. The molecule has 0 bridgehead atoms. The summed E-state index contributed by atoms with van der Waals surface area (Å²) in [5, 5.41) is 12.6. The van der Waals surface area contributed by atoms with Crippen molar-refractivity contribution in [3.05, 3.63) is 23.5 Å². The van der Waals surface area contributed by atoms with Crippen LogP contribution >= 0.6 is 11.6 Å². The molecule has 0 aliphatic heterocycles. The van der Waals surface area contributed by atoms with Gasteiger partial charge < -0.3 is 10.4 Å². The monoisotopic (exact) mass is 200 g/mol. The summed E-state index contributed by atoms with van der Waals surface area (Å²) in [6.07, 6.45) is 2.09. The molecule has 0 aliphatic rings. The Morgan fingerprint density at radius 2 is 2.46 bits per heavy atom. The molecule has 0 fully saturated rings. The van der Waals surface area contributed by atoms with Crippen LogP contribution in [-0.4, -0.2) is 22.7 Å². The first-order valence-corrected chi connectivity index (χ1v) is 4.60. The van der Waals surface area contributed by atoms with E-state index in [4.69, 9.17) is 16.7 Å². The van der Waals surface area contributed by atoms with Crippen LogP contribution in [0.2, 0.25) is 5.15 Å². The minimum atomic E-state index is -0.273. The second-order valence-corrected chi connectivity index (χ2v) is 3.32. The predicted octanol–water partition coefficient (Wildman–Crippen LogP) is 1.92. The Bertz CT molecular complexity index is 266. The molecule has 2 N–H and O–H groups in total. The van der Waals surface area contributed by atoms with Crippen molar-refractivity contribution in [2.24, 2.45) is 0 Å². The Kier molecular flexibility index (Phi) is 3.99. The van der Waals surface area contributed by atoms with Gasteiger partial charge in [-0.1, -0.05) is 11.6 Å². The predicted molar refractivity (Wildman–Crippen MR) is 54.0 cm³/mol. The fraction of sp³-hybridized carbons (Fsp3) is 0.444. The largest absolute Gasteiger partial charge is 0.393 e. The van der Waals surface area contributed by atoms with Gasteiger partial charge in [0.1, 0.15) is 5.15 Å². The molecule has 1 aromatic rings.